The molecule has 0 radical (unpaired) electrons. The monoisotopic (exact) mass is 192 g/mol. The second-order valence-corrected chi connectivity index (χ2v) is 3.45. The summed E-state index contributed by atoms with van der Waals surface area (Å²) in [5.41, 5.74) is 0.908. The van der Waals surface area contributed by atoms with Gasteiger partial charge in [0.1, 0.15) is 16.6 Å². The Labute approximate surface area is 79.9 Å². The molecule has 0 spiro atoms. The number of hydrogen-bond donors (Lipinski definition) is 1. The van der Waals surface area contributed by atoms with Gasteiger partial charge in [0.2, 0.25) is 0 Å². The molecular weight excluding hydrogens is 184 g/mol. The molecule has 1 heterocycles. The largest absolute Gasteiger partial charge is 0.508 e. The molecule has 0 atom stereocenters. The molecule has 2 rings (SSSR count). The van der Waals surface area contributed by atoms with Crippen molar-refractivity contribution in [1.82, 2.24) is 9.36 Å². The maximum Gasteiger partial charge on any atom is 0.144 e. The predicted octanol–water partition coefficient (Wildman–Crippen LogP) is 2.22. The van der Waals surface area contributed by atoms with E-state index in [1.54, 1.807) is 18.2 Å². The van der Waals surface area contributed by atoms with E-state index in [4.69, 9.17) is 0 Å². The second-order valence-electron chi connectivity index (χ2n) is 2.70. The molecule has 0 aliphatic carbocycles. The number of phenolic OH excluding ortho intramolecular Hbond substituents is 1. The first kappa shape index (κ1) is 8.19. The van der Waals surface area contributed by atoms with Crippen molar-refractivity contribution in [2.24, 2.45) is 0 Å². The lowest BCUT2D eigenvalue weighted by Crippen LogP contribution is -1.76. The zero-order chi connectivity index (χ0) is 9.26. The normalized spacial score (nSPS) is 10.2. The highest BCUT2D eigenvalue weighted by atomic mass is 32.1. The standard InChI is InChI=1S/C9H8N2OS/c1-6-10-9(13-11-6)7-3-2-4-8(12)5-7/h2-5,12H,1H3. The maximum absolute atomic E-state index is 9.24. The van der Waals surface area contributed by atoms with Gasteiger partial charge in [0.05, 0.1) is 0 Å². The van der Waals surface area contributed by atoms with E-state index in [1.807, 2.05) is 13.0 Å². The zero-order valence-corrected chi connectivity index (χ0v) is 7.88. The molecule has 0 bridgehead atoms. The second kappa shape index (κ2) is 3.14. The van der Waals surface area contributed by atoms with E-state index in [0.29, 0.717) is 0 Å². The number of aromatic nitrogens is 2. The third-order valence-electron chi connectivity index (χ3n) is 1.62. The van der Waals surface area contributed by atoms with Crippen molar-refractivity contribution in [1.29, 1.82) is 0 Å². The van der Waals surface area contributed by atoms with Crippen LogP contribution >= 0.6 is 11.5 Å². The molecule has 0 aliphatic heterocycles. The van der Waals surface area contributed by atoms with Gasteiger partial charge in [0.25, 0.3) is 0 Å². The molecule has 0 aliphatic rings. The predicted molar refractivity (Wildman–Crippen MR) is 51.7 cm³/mol. The van der Waals surface area contributed by atoms with Gasteiger partial charge in [-0.05, 0) is 30.6 Å². The highest BCUT2D eigenvalue weighted by Gasteiger charge is 2.03. The average molecular weight is 192 g/mol. The number of aryl methyl sites for hydroxylation is 1. The first-order valence-corrected chi connectivity index (χ1v) is 4.63. The first-order chi connectivity index (χ1) is 6.25. The summed E-state index contributed by atoms with van der Waals surface area (Å²) in [5.74, 6) is 1.02. The molecule has 0 saturated heterocycles. The summed E-state index contributed by atoms with van der Waals surface area (Å²) in [7, 11) is 0. The molecule has 1 aromatic carbocycles. The molecule has 0 saturated carbocycles. The molecule has 13 heavy (non-hydrogen) atoms. The smallest absolute Gasteiger partial charge is 0.144 e. The number of aromatic hydroxyl groups is 1. The fraction of sp³-hybridized carbons (Fsp3) is 0.111. The Morgan fingerprint density at radius 2 is 2.23 bits per heavy atom. The van der Waals surface area contributed by atoms with Gasteiger partial charge >= 0.3 is 0 Å². The van der Waals surface area contributed by atoms with Crippen LogP contribution in [0.5, 0.6) is 5.75 Å². The Bertz CT molecular complexity index is 425. The van der Waals surface area contributed by atoms with Crippen LogP contribution < -0.4 is 0 Å². The Morgan fingerprint density at radius 3 is 2.85 bits per heavy atom. The lowest BCUT2D eigenvalue weighted by Gasteiger charge is -1.95. The molecule has 66 valence electrons. The average Bonchev–Trinajstić information content (AvgIpc) is 2.52. The molecular formula is C9H8N2OS. The fourth-order valence-electron chi connectivity index (χ4n) is 1.05. The molecule has 0 fully saturated rings. The number of nitrogens with zero attached hydrogens (tertiary/aromatic N) is 2. The quantitative estimate of drug-likeness (QED) is 0.753. The molecule has 3 nitrogen and oxygen atoms in total. The number of hydrogen-bond acceptors (Lipinski definition) is 4. The van der Waals surface area contributed by atoms with Gasteiger partial charge in [-0.1, -0.05) is 12.1 Å². The van der Waals surface area contributed by atoms with E-state index in [1.165, 1.54) is 11.5 Å². The Morgan fingerprint density at radius 1 is 1.38 bits per heavy atom. The van der Waals surface area contributed by atoms with Crippen molar-refractivity contribution in [2.45, 2.75) is 6.92 Å². The van der Waals surface area contributed by atoms with Crippen LogP contribution in [0, 0.1) is 6.92 Å². The van der Waals surface area contributed by atoms with Crippen molar-refractivity contribution in [3.63, 3.8) is 0 Å². The summed E-state index contributed by atoms with van der Waals surface area (Å²) in [6, 6.07) is 7.01. The van der Waals surface area contributed by atoms with Gasteiger partial charge in [0, 0.05) is 5.56 Å². The lowest BCUT2D eigenvalue weighted by atomic mass is 10.2. The summed E-state index contributed by atoms with van der Waals surface area (Å²) in [4.78, 5) is 4.22. The Hall–Kier alpha value is -1.42. The third-order valence-corrected chi connectivity index (χ3v) is 2.48. The lowest BCUT2D eigenvalue weighted by molar-refractivity contribution is 0.475. The van der Waals surface area contributed by atoms with Crippen LogP contribution in [0.25, 0.3) is 10.6 Å². The third kappa shape index (κ3) is 1.67. The van der Waals surface area contributed by atoms with Gasteiger partial charge in [-0.3, -0.25) is 0 Å². The Balaban J connectivity index is 2.46. The minimum atomic E-state index is 0.255. The Kier molecular flexibility index (Phi) is 1.98. The maximum atomic E-state index is 9.24. The van der Waals surface area contributed by atoms with Crippen LogP contribution in [0.15, 0.2) is 24.3 Å². The van der Waals surface area contributed by atoms with Gasteiger partial charge in [-0.25, -0.2) is 4.98 Å². The van der Waals surface area contributed by atoms with Crippen molar-refractivity contribution < 1.29 is 5.11 Å². The van der Waals surface area contributed by atoms with Gasteiger partial charge in [0.15, 0.2) is 0 Å². The van der Waals surface area contributed by atoms with E-state index in [9.17, 15) is 5.11 Å². The van der Waals surface area contributed by atoms with Gasteiger partial charge < -0.3 is 5.11 Å². The highest BCUT2D eigenvalue weighted by Crippen LogP contribution is 2.24. The topological polar surface area (TPSA) is 46.0 Å². The van der Waals surface area contributed by atoms with Crippen molar-refractivity contribution >= 4 is 11.5 Å². The summed E-state index contributed by atoms with van der Waals surface area (Å²) >= 11 is 1.34. The summed E-state index contributed by atoms with van der Waals surface area (Å²) in [5, 5.41) is 10.1. The molecule has 1 N–H and O–H groups in total. The van der Waals surface area contributed by atoms with Crippen molar-refractivity contribution in [3.05, 3.63) is 30.1 Å². The fourth-order valence-corrected chi connectivity index (χ4v) is 1.72. The van der Waals surface area contributed by atoms with Crippen LogP contribution in [0.3, 0.4) is 0 Å². The zero-order valence-electron chi connectivity index (χ0n) is 7.06. The van der Waals surface area contributed by atoms with Gasteiger partial charge in [-0.15, -0.1) is 0 Å². The molecule has 4 heteroatoms. The summed E-state index contributed by atoms with van der Waals surface area (Å²) in [6.07, 6.45) is 0. The van der Waals surface area contributed by atoms with Crippen LogP contribution in [-0.2, 0) is 0 Å². The van der Waals surface area contributed by atoms with Crippen LogP contribution in [0.4, 0.5) is 0 Å². The molecule has 0 unspecified atom stereocenters. The SMILES string of the molecule is Cc1nsc(-c2cccc(O)c2)n1. The van der Waals surface area contributed by atoms with E-state index in [2.05, 4.69) is 9.36 Å². The number of benzene rings is 1. The van der Waals surface area contributed by atoms with E-state index in [-0.39, 0.29) is 5.75 Å². The minimum absolute atomic E-state index is 0.255. The van der Waals surface area contributed by atoms with Crippen LogP contribution in [-0.4, -0.2) is 14.5 Å². The summed E-state index contributed by atoms with van der Waals surface area (Å²) in [6.45, 7) is 1.85. The highest BCUT2D eigenvalue weighted by molar-refractivity contribution is 7.09. The summed E-state index contributed by atoms with van der Waals surface area (Å²) < 4.78 is 4.07. The molecule has 2 aromatic rings. The number of phenols is 1. The van der Waals surface area contributed by atoms with Crippen LogP contribution in [0.1, 0.15) is 5.82 Å². The first-order valence-electron chi connectivity index (χ1n) is 3.85. The van der Waals surface area contributed by atoms with Crippen molar-refractivity contribution in [2.75, 3.05) is 0 Å². The van der Waals surface area contributed by atoms with E-state index < -0.39 is 0 Å². The molecule has 0 amide bonds. The van der Waals surface area contributed by atoms with E-state index >= 15 is 0 Å². The van der Waals surface area contributed by atoms with Gasteiger partial charge in [-0.2, -0.15) is 4.37 Å². The van der Waals surface area contributed by atoms with Crippen LogP contribution in [0.2, 0.25) is 0 Å². The molecule has 1 aromatic heterocycles. The number of rotatable bonds is 1. The van der Waals surface area contributed by atoms with E-state index in [0.717, 1.165) is 16.4 Å². The minimum Gasteiger partial charge on any atom is -0.508 e. The van der Waals surface area contributed by atoms with Crippen molar-refractivity contribution in [3.8, 4) is 16.3 Å².